The SMILES string of the molecule is CC1CC=CCC1COCC(O)CNCC1CCC(O)C1. The quantitative estimate of drug-likeness (QED) is 0.597. The summed E-state index contributed by atoms with van der Waals surface area (Å²) < 4.78 is 5.68. The standard InChI is InChI=1S/C17H31NO3/c1-13-4-2-3-5-15(13)11-21-12-17(20)10-18-9-14-6-7-16(19)8-14/h2-3,13-20H,4-12H2,1H3. The van der Waals surface area contributed by atoms with Gasteiger partial charge in [-0.05, 0) is 56.4 Å². The molecule has 1 fully saturated rings. The highest BCUT2D eigenvalue weighted by Gasteiger charge is 2.22. The zero-order valence-electron chi connectivity index (χ0n) is 13.2. The summed E-state index contributed by atoms with van der Waals surface area (Å²) in [7, 11) is 0. The lowest BCUT2D eigenvalue weighted by atomic mass is 9.85. The van der Waals surface area contributed by atoms with E-state index in [0.717, 1.165) is 45.3 Å². The molecule has 3 N–H and O–H groups in total. The Morgan fingerprint density at radius 2 is 2.10 bits per heavy atom. The van der Waals surface area contributed by atoms with E-state index in [4.69, 9.17) is 4.74 Å². The van der Waals surface area contributed by atoms with E-state index in [9.17, 15) is 10.2 Å². The van der Waals surface area contributed by atoms with E-state index in [1.807, 2.05) is 0 Å². The molecule has 0 amide bonds. The fourth-order valence-corrected chi connectivity index (χ4v) is 3.34. The first-order valence-electron chi connectivity index (χ1n) is 8.44. The van der Waals surface area contributed by atoms with Crippen LogP contribution in [0, 0.1) is 17.8 Å². The first kappa shape index (κ1) is 16.9. The first-order chi connectivity index (χ1) is 10.1. The van der Waals surface area contributed by atoms with Gasteiger partial charge in [-0.1, -0.05) is 19.1 Å². The third-order valence-electron chi connectivity index (χ3n) is 4.89. The summed E-state index contributed by atoms with van der Waals surface area (Å²) in [6.07, 6.45) is 9.08. The summed E-state index contributed by atoms with van der Waals surface area (Å²) in [5.41, 5.74) is 0. The minimum atomic E-state index is -0.439. The summed E-state index contributed by atoms with van der Waals surface area (Å²) in [4.78, 5) is 0. The summed E-state index contributed by atoms with van der Waals surface area (Å²) in [5, 5.41) is 22.7. The second-order valence-electron chi connectivity index (χ2n) is 6.86. The number of hydrogen-bond donors (Lipinski definition) is 3. The second-order valence-corrected chi connectivity index (χ2v) is 6.86. The molecule has 2 rings (SSSR count). The normalized spacial score (nSPS) is 34.2. The van der Waals surface area contributed by atoms with E-state index >= 15 is 0 Å². The number of aliphatic hydroxyl groups excluding tert-OH is 2. The van der Waals surface area contributed by atoms with Crippen LogP contribution in [-0.4, -0.2) is 48.7 Å². The predicted octanol–water partition coefficient (Wildman–Crippen LogP) is 1.72. The lowest BCUT2D eigenvalue weighted by Crippen LogP contribution is -2.34. The van der Waals surface area contributed by atoms with Crippen molar-refractivity contribution < 1.29 is 14.9 Å². The van der Waals surface area contributed by atoms with Crippen molar-refractivity contribution in [3.05, 3.63) is 12.2 Å². The van der Waals surface area contributed by atoms with Crippen LogP contribution in [0.4, 0.5) is 0 Å². The van der Waals surface area contributed by atoms with Gasteiger partial charge in [0.05, 0.1) is 25.4 Å². The molecule has 0 aromatic heterocycles. The van der Waals surface area contributed by atoms with Crippen LogP contribution in [0.3, 0.4) is 0 Å². The Morgan fingerprint density at radius 1 is 1.29 bits per heavy atom. The van der Waals surface area contributed by atoms with E-state index in [2.05, 4.69) is 24.4 Å². The molecule has 122 valence electrons. The van der Waals surface area contributed by atoms with E-state index in [1.54, 1.807) is 0 Å². The molecule has 4 nitrogen and oxygen atoms in total. The van der Waals surface area contributed by atoms with Crippen molar-refractivity contribution in [3.63, 3.8) is 0 Å². The highest BCUT2D eigenvalue weighted by atomic mass is 16.5. The summed E-state index contributed by atoms with van der Waals surface area (Å²) >= 11 is 0. The van der Waals surface area contributed by atoms with Crippen molar-refractivity contribution in [2.45, 2.75) is 51.2 Å². The van der Waals surface area contributed by atoms with Gasteiger partial charge in [0, 0.05) is 6.54 Å². The maximum atomic E-state index is 9.92. The van der Waals surface area contributed by atoms with Gasteiger partial charge in [0.1, 0.15) is 0 Å². The second kappa shape index (κ2) is 8.89. The van der Waals surface area contributed by atoms with Crippen molar-refractivity contribution in [1.29, 1.82) is 0 Å². The number of nitrogens with one attached hydrogen (secondary N) is 1. The molecule has 2 aliphatic carbocycles. The Bertz CT molecular complexity index is 321. The molecule has 5 atom stereocenters. The highest BCUT2D eigenvalue weighted by Crippen LogP contribution is 2.25. The van der Waals surface area contributed by atoms with E-state index < -0.39 is 6.10 Å². The molecule has 2 aliphatic rings. The molecule has 0 aromatic rings. The van der Waals surface area contributed by atoms with Gasteiger partial charge in [-0.2, -0.15) is 0 Å². The number of aliphatic hydroxyl groups is 2. The smallest absolute Gasteiger partial charge is 0.0897 e. The molecule has 0 aliphatic heterocycles. The van der Waals surface area contributed by atoms with Crippen molar-refractivity contribution in [1.82, 2.24) is 5.32 Å². The van der Waals surface area contributed by atoms with Crippen LogP contribution in [0.25, 0.3) is 0 Å². The van der Waals surface area contributed by atoms with Crippen LogP contribution < -0.4 is 5.32 Å². The average molecular weight is 297 g/mol. The van der Waals surface area contributed by atoms with Gasteiger partial charge in [0.25, 0.3) is 0 Å². The maximum absolute atomic E-state index is 9.92. The lowest BCUT2D eigenvalue weighted by Gasteiger charge is -2.25. The lowest BCUT2D eigenvalue weighted by molar-refractivity contribution is 0.0126. The first-order valence-corrected chi connectivity index (χ1v) is 8.44. The Labute approximate surface area is 128 Å². The molecular weight excluding hydrogens is 266 g/mol. The highest BCUT2D eigenvalue weighted by molar-refractivity contribution is 4.93. The van der Waals surface area contributed by atoms with E-state index in [-0.39, 0.29) is 6.10 Å². The molecule has 0 saturated heterocycles. The fraction of sp³-hybridized carbons (Fsp3) is 0.882. The molecule has 0 spiro atoms. The summed E-state index contributed by atoms with van der Waals surface area (Å²) in [6, 6.07) is 0. The van der Waals surface area contributed by atoms with Gasteiger partial charge < -0.3 is 20.3 Å². The minimum Gasteiger partial charge on any atom is -0.393 e. The van der Waals surface area contributed by atoms with Crippen LogP contribution >= 0.6 is 0 Å². The van der Waals surface area contributed by atoms with Crippen molar-refractivity contribution >= 4 is 0 Å². The molecule has 4 heteroatoms. The third kappa shape index (κ3) is 6.07. The zero-order chi connectivity index (χ0) is 15.1. The maximum Gasteiger partial charge on any atom is 0.0897 e. The van der Waals surface area contributed by atoms with Crippen molar-refractivity contribution in [2.75, 3.05) is 26.3 Å². The molecular formula is C17H31NO3. The van der Waals surface area contributed by atoms with Crippen molar-refractivity contribution in [3.8, 4) is 0 Å². The van der Waals surface area contributed by atoms with Crippen LogP contribution in [0.2, 0.25) is 0 Å². The summed E-state index contributed by atoms with van der Waals surface area (Å²) in [6.45, 7) is 4.89. The molecule has 5 unspecified atom stereocenters. The fourth-order valence-electron chi connectivity index (χ4n) is 3.34. The van der Waals surface area contributed by atoms with Crippen LogP contribution in [0.15, 0.2) is 12.2 Å². The molecule has 0 bridgehead atoms. The van der Waals surface area contributed by atoms with E-state index in [1.165, 1.54) is 0 Å². The Balaban J connectivity index is 1.49. The molecule has 0 radical (unpaired) electrons. The molecule has 0 heterocycles. The van der Waals surface area contributed by atoms with Crippen LogP contribution in [-0.2, 0) is 4.74 Å². The number of rotatable bonds is 8. The van der Waals surface area contributed by atoms with Gasteiger partial charge in [0.2, 0.25) is 0 Å². The topological polar surface area (TPSA) is 61.7 Å². The third-order valence-corrected chi connectivity index (χ3v) is 4.89. The van der Waals surface area contributed by atoms with Gasteiger partial charge >= 0.3 is 0 Å². The van der Waals surface area contributed by atoms with Gasteiger partial charge in [-0.3, -0.25) is 0 Å². The largest absolute Gasteiger partial charge is 0.393 e. The Kier molecular flexibility index (Phi) is 7.17. The monoisotopic (exact) mass is 297 g/mol. The van der Waals surface area contributed by atoms with Gasteiger partial charge in [0.15, 0.2) is 0 Å². The average Bonchev–Trinajstić information content (AvgIpc) is 2.87. The predicted molar refractivity (Wildman–Crippen MR) is 84.1 cm³/mol. The van der Waals surface area contributed by atoms with Gasteiger partial charge in [-0.25, -0.2) is 0 Å². The Morgan fingerprint density at radius 3 is 2.81 bits per heavy atom. The minimum absolute atomic E-state index is 0.114. The van der Waals surface area contributed by atoms with Gasteiger partial charge in [-0.15, -0.1) is 0 Å². The summed E-state index contributed by atoms with van der Waals surface area (Å²) in [5.74, 6) is 1.83. The van der Waals surface area contributed by atoms with Crippen LogP contribution in [0.1, 0.15) is 39.0 Å². The van der Waals surface area contributed by atoms with Crippen LogP contribution in [0.5, 0.6) is 0 Å². The molecule has 1 saturated carbocycles. The van der Waals surface area contributed by atoms with Crippen molar-refractivity contribution in [2.24, 2.45) is 17.8 Å². The Hall–Kier alpha value is -0.420. The number of allylic oxidation sites excluding steroid dienone is 2. The molecule has 21 heavy (non-hydrogen) atoms. The molecule has 0 aromatic carbocycles. The van der Waals surface area contributed by atoms with E-state index in [0.29, 0.717) is 30.9 Å². The number of ether oxygens (including phenoxy) is 1. The zero-order valence-corrected chi connectivity index (χ0v) is 13.2. The number of hydrogen-bond acceptors (Lipinski definition) is 4.